The summed E-state index contributed by atoms with van der Waals surface area (Å²) in [5, 5.41) is 0. The molecule has 1 amide bonds. The van der Waals surface area contributed by atoms with E-state index in [1.165, 1.54) is 0 Å². The molecule has 5 heteroatoms. The van der Waals surface area contributed by atoms with Crippen LogP contribution in [0.15, 0.2) is 24.5 Å². The Morgan fingerprint density at radius 2 is 2.26 bits per heavy atom. The molecule has 0 atom stereocenters. The third-order valence-electron chi connectivity index (χ3n) is 3.09. The van der Waals surface area contributed by atoms with Crippen molar-refractivity contribution in [2.75, 3.05) is 20.3 Å². The topological polar surface area (TPSA) is 58.2 Å². The number of nitrogens with zero attached hydrogens (tertiary/aromatic N) is 2. The molecule has 0 aliphatic rings. The van der Waals surface area contributed by atoms with Crippen LogP contribution in [-0.4, -0.2) is 47.1 Å². The van der Waals surface area contributed by atoms with E-state index in [9.17, 15) is 4.79 Å². The van der Waals surface area contributed by atoms with Crippen LogP contribution in [0, 0.1) is 0 Å². The molecule has 0 aliphatic heterocycles. The summed E-state index contributed by atoms with van der Waals surface area (Å²) in [6.45, 7) is 5.13. The number of aromatic nitrogens is 2. The van der Waals surface area contributed by atoms with E-state index in [-0.39, 0.29) is 11.9 Å². The van der Waals surface area contributed by atoms with E-state index < -0.39 is 0 Å². The highest BCUT2D eigenvalue weighted by Gasteiger charge is 2.18. The Bertz CT molecular complexity index is 563. The fraction of sp³-hybridized carbons (Fsp3) is 0.429. The number of H-pyrrole nitrogens is 1. The molecule has 0 bridgehead atoms. The number of methoxy groups -OCH3 is 1. The number of benzene rings is 1. The minimum Gasteiger partial charge on any atom is -0.383 e. The molecule has 2 aromatic rings. The van der Waals surface area contributed by atoms with Crippen LogP contribution < -0.4 is 0 Å². The quantitative estimate of drug-likeness (QED) is 0.896. The highest BCUT2D eigenvalue weighted by atomic mass is 16.5. The predicted octanol–water partition coefficient (Wildman–Crippen LogP) is 2.06. The maximum absolute atomic E-state index is 12.5. The zero-order valence-corrected chi connectivity index (χ0v) is 11.5. The SMILES string of the molecule is COCCN(C(=O)c1ccc2nc[nH]c2c1)C(C)C. The van der Waals surface area contributed by atoms with Gasteiger partial charge in [-0.05, 0) is 32.0 Å². The fourth-order valence-electron chi connectivity index (χ4n) is 2.02. The van der Waals surface area contributed by atoms with Gasteiger partial charge in [-0.1, -0.05) is 0 Å². The van der Waals surface area contributed by atoms with Crippen molar-refractivity contribution in [1.29, 1.82) is 0 Å². The number of carbonyl (C=O) groups excluding carboxylic acids is 1. The molecule has 0 saturated carbocycles. The normalized spacial score (nSPS) is 11.2. The van der Waals surface area contributed by atoms with Crippen molar-refractivity contribution in [3.63, 3.8) is 0 Å². The zero-order chi connectivity index (χ0) is 13.8. The molecular weight excluding hydrogens is 242 g/mol. The number of hydrogen-bond acceptors (Lipinski definition) is 3. The number of hydrogen-bond donors (Lipinski definition) is 1. The number of fused-ring (bicyclic) bond motifs is 1. The van der Waals surface area contributed by atoms with Crippen LogP contribution in [0.4, 0.5) is 0 Å². The van der Waals surface area contributed by atoms with E-state index >= 15 is 0 Å². The molecule has 1 N–H and O–H groups in total. The van der Waals surface area contributed by atoms with Gasteiger partial charge >= 0.3 is 0 Å². The Kier molecular flexibility index (Phi) is 4.16. The summed E-state index contributed by atoms with van der Waals surface area (Å²) in [5.74, 6) is 0.0172. The predicted molar refractivity (Wildman–Crippen MR) is 74.1 cm³/mol. The van der Waals surface area contributed by atoms with Crippen molar-refractivity contribution >= 4 is 16.9 Å². The smallest absolute Gasteiger partial charge is 0.254 e. The molecule has 0 aliphatic carbocycles. The van der Waals surface area contributed by atoms with E-state index in [0.29, 0.717) is 18.7 Å². The zero-order valence-electron chi connectivity index (χ0n) is 11.5. The molecule has 1 aromatic carbocycles. The third kappa shape index (κ3) is 2.93. The van der Waals surface area contributed by atoms with Gasteiger partial charge in [0.1, 0.15) is 0 Å². The molecule has 2 rings (SSSR count). The van der Waals surface area contributed by atoms with Gasteiger partial charge in [-0.3, -0.25) is 4.79 Å². The van der Waals surface area contributed by atoms with Gasteiger partial charge in [0.15, 0.2) is 0 Å². The summed E-state index contributed by atoms with van der Waals surface area (Å²) in [4.78, 5) is 21.5. The van der Waals surface area contributed by atoms with Gasteiger partial charge < -0.3 is 14.6 Å². The average Bonchev–Trinajstić information content (AvgIpc) is 2.85. The van der Waals surface area contributed by atoms with E-state index in [4.69, 9.17) is 4.74 Å². The van der Waals surface area contributed by atoms with Gasteiger partial charge in [0, 0.05) is 25.3 Å². The van der Waals surface area contributed by atoms with Gasteiger partial charge in [0.05, 0.1) is 24.0 Å². The minimum absolute atomic E-state index is 0.0172. The number of ether oxygens (including phenoxy) is 1. The molecule has 5 nitrogen and oxygen atoms in total. The lowest BCUT2D eigenvalue weighted by atomic mass is 10.1. The molecule has 1 aromatic heterocycles. The standard InChI is InChI=1S/C14H19N3O2/c1-10(2)17(6-7-19-3)14(18)11-4-5-12-13(8-11)16-9-15-12/h4-5,8-10H,6-7H2,1-3H3,(H,15,16). The Morgan fingerprint density at radius 3 is 2.95 bits per heavy atom. The molecule has 0 spiro atoms. The van der Waals surface area contributed by atoms with Gasteiger partial charge in [-0.25, -0.2) is 4.98 Å². The van der Waals surface area contributed by atoms with Crippen molar-refractivity contribution in [3.8, 4) is 0 Å². The molecule has 102 valence electrons. The van der Waals surface area contributed by atoms with Crippen LogP contribution in [0.1, 0.15) is 24.2 Å². The molecule has 0 unspecified atom stereocenters. The van der Waals surface area contributed by atoms with Crippen molar-refractivity contribution in [1.82, 2.24) is 14.9 Å². The van der Waals surface area contributed by atoms with E-state index in [2.05, 4.69) is 9.97 Å². The summed E-state index contributed by atoms with van der Waals surface area (Å²) >= 11 is 0. The maximum atomic E-state index is 12.5. The lowest BCUT2D eigenvalue weighted by Gasteiger charge is -2.26. The van der Waals surface area contributed by atoms with Crippen molar-refractivity contribution < 1.29 is 9.53 Å². The number of rotatable bonds is 5. The second-order valence-corrected chi connectivity index (χ2v) is 4.72. The van der Waals surface area contributed by atoms with Crippen LogP contribution in [0.25, 0.3) is 11.0 Å². The monoisotopic (exact) mass is 261 g/mol. The molecule has 0 saturated heterocycles. The number of nitrogens with one attached hydrogen (secondary N) is 1. The summed E-state index contributed by atoms with van der Waals surface area (Å²) < 4.78 is 5.06. The van der Waals surface area contributed by atoms with E-state index in [0.717, 1.165) is 11.0 Å². The van der Waals surface area contributed by atoms with Crippen LogP contribution in [0.2, 0.25) is 0 Å². The number of amides is 1. The average molecular weight is 261 g/mol. The fourth-order valence-corrected chi connectivity index (χ4v) is 2.02. The van der Waals surface area contributed by atoms with E-state index in [1.54, 1.807) is 18.3 Å². The third-order valence-corrected chi connectivity index (χ3v) is 3.09. The lowest BCUT2D eigenvalue weighted by molar-refractivity contribution is 0.0635. The highest BCUT2D eigenvalue weighted by Crippen LogP contribution is 2.14. The molecular formula is C14H19N3O2. The van der Waals surface area contributed by atoms with Gasteiger partial charge in [0.2, 0.25) is 0 Å². The molecule has 0 radical (unpaired) electrons. The Labute approximate surface area is 112 Å². The first-order chi connectivity index (χ1) is 9.13. The lowest BCUT2D eigenvalue weighted by Crippen LogP contribution is -2.39. The van der Waals surface area contributed by atoms with Gasteiger partial charge in [-0.2, -0.15) is 0 Å². The van der Waals surface area contributed by atoms with Crippen molar-refractivity contribution in [2.45, 2.75) is 19.9 Å². The summed E-state index contributed by atoms with van der Waals surface area (Å²) in [5.41, 5.74) is 2.41. The van der Waals surface area contributed by atoms with E-state index in [1.807, 2.05) is 32.0 Å². The van der Waals surface area contributed by atoms with Crippen LogP contribution >= 0.6 is 0 Å². The Morgan fingerprint density at radius 1 is 1.47 bits per heavy atom. The first-order valence-corrected chi connectivity index (χ1v) is 6.36. The molecule has 1 heterocycles. The number of carbonyl (C=O) groups is 1. The second-order valence-electron chi connectivity index (χ2n) is 4.72. The Hall–Kier alpha value is -1.88. The molecule has 19 heavy (non-hydrogen) atoms. The van der Waals surface area contributed by atoms with Crippen molar-refractivity contribution in [3.05, 3.63) is 30.1 Å². The Balaban J connectivity index is 2.24. The molecule has 0 fully saturated rings. The van der Waals surface area contributed by atoms with Crippen LogP contribution in [0.5, 0.6) is 0 Å². The number of aromatic amines is 1. The van der Waals surface area contributed by atoms with Gasteiger partial charge in [-0.15, -0.1) is 0 Å². The minimum atomic E-state index is 0.0172. The summed E-state index contributed by atoms with van der Waals surface area (Å²) in [6, 6.07) is 5.65. The van der Waals surface area contributed by atoms with Crippen LogP contribution in [0.3, 0.4) is 0 Å². The first kappa shape index (κ1) is 13.5. The maximum Gasteiger partial charge on any atom is 0.254 e. The second kappa shape index (κ2) is 5.84. The first-order valence-electron chi connectivity index (χ1n) is 6.36. The summed E-state index contributed by atoms with van der Waals surface area (Å²) in [6.07, 6.45) is 1.63. The van der Waals surface area contributed by atoms with Crippen molar-refractivity contribution in [2.24, 2.45) is 0 Å². The summed E-state index contributed by atoms with van der Waals surface area (Å²) in [7, 11) is 1.64. The highest BCUT2D eigenvalue weighted by molar-refractivity contribution is 5.97. The van der Waals surface area contributed by atoms with Crippen LogP contribution in [-0.2, 0) is 4.74 Å². The number of imidazole rings is 1. The largest absolute Gasteiger partial charge is 0.383 e. The van der Waals surface area contributed by atoms with Gasteiger partial charge in [0.25, 0.3) is 5.91 Å².